The van der Waals surface area contributed by atoms with Crippen molar-refractivity contribution in [3.63, 3.8) is 0 Å². The van der Waals surface area contributed by atoms with Gasteiger partial charge in [-0.2, -0.15) is 0 Å². The molecule has 2 rings (SSSR count). The fourth-order valence-corrected chi connectivity index (χ4v) is 2.66. The molecule has 0 unspecified atom stereocenters. The Labute approximate surface area is 155 Å². The SMILES string of the molecule is COc1ccc(OC)c([C@H](C)NC(=O)[C@@H](C)Oc2cc(C)ccc2C)c1. The summed E-state index contributed by atoms with van der Waals surface area (Å²) in [5.41, 5.74) is 2.93. The van der Waals surface area contributed by atoms with Crippen LogP contribution in [0.15, 0.2) is 36.4 Å². The highest BCUT2D eigenvalue weighted by Gasteiger charge is 2.20. The second-order valence-electron chi connectivity index (χ2n) is 6.37. The van der Waals surface area contributed by atoms with Crippen LogP contribution in [-0.2, 0) is 4.79 Å². The predicted molar refractivity (Wildman–Crippen MR) is 102 cm³/mol. The minimum Gasteiger partial charge on any atom is -0.497 e. The number of methoxy groups -OCH3 is 2. The van der Waals surface area contributed by atoms with Gasteiger partial charge in [0.2, 0.25) is 0 Å². The van der Waals surface area contributed by atoms with E-state index in [9.17, 15) is 4.79 Å². The minimum absolute atomic E-state index is 0.191. The molecule has 0 fully saturated rings. The second kappa shape index (κ2) is 8.61. The number of nitrogens with one attached hydrogen (secondary N) is 1. The average Bonchev–Trinajstić information content (AvgIpc) is 2.63. The first kappa shape index (κ1) is 19.6. The van der Waals surface area contributed by atoms with Gasteiger partial charge in [0.05, 0.1) is 20.3 Å². The molecule has 2 aromatic carbocycles. The molecule has 5 nitrogen and oxygen atoms in total. The first-order valence-electron chi connectivity index (χ1n) is 8.62. The molecule has 0 spiro atoms. The molecule has 0 saturated heterocycles. The highest BCUT2D eigenvalue weighted by molar-refractivity contribution is 5.81. The van der Waals surface area contributed by atoms with Gasteiger partial charge in [-0.1, -0.05) is 12.1 Å². The molecule has 0 bridgehead atoms. The van der Waals surface area contributed by atoms with Gasteiger partial charge in [-0.3, -0.25) is 4.79 Å². The van der Waals surface area contributed by atoms with Gasteiger partial charge >= 0.3 is 0 Å². The molecule has 0 aliphatic rings. The highest BCUT2D eigenvalue weighted by Crippen LogP contribution is 2.29. The Bertz CT molecular complexity index is 773. The van der Waals surface area contributed by atoms with Crippen molar-refractivity contribution in [3.8, 4) is 17.2 Å². The van der Waals surface area contributed by atoms with E-state index in [1.165, 1.54) is 0 Å². The maximum Gasteiger partial charge on any atom is 0.261 e. The van der Waals surface area contributed by atoms with E-state index in [1.54, 1.807) is 21.1 Å². The molecule has 26 heavy (non-hydrogen) atoms. The molecule has 0 heterocycles. The summed E-state index contributed by atoms with van der Waals surface area (Å²) in [4.78, 5) is 12.6. The number of aryl methyl sites for hydroxylation is 2. The number of hydrogen-bond donors (Lipinski definition) is 1. The summed E-state index contributed by atoms with van der Waals surface area (Å²) in [6.45, 7) is 7.60. The van der Waals surface area contributed by atoms with Crippen molar-refractivity contribution in [2.45, 2.75) is 39.8 Å². The van der Waals surface area contributed by atoms with Gasteiger partial charge < -0.3 is 19.5 Å². The van der Waals surface area contributed by atoms with Crippen LogP contribution in [-0.4, -0.2) is 26.2 Å². The predicted octanol–water partition coefficient (Wildman–Crippen LogP) is 3.97. The number of carbonyl (C=O) groups excluding carboxylic acids is 1. The lowest BCUT2D eigenvalue weighted by Gasteiger charge is -2.21. The van der Waals surface area contributed by atoms with Gasteiger partial charge in [0.25, 0.3) is 5.91 Å². The number of ether oxygens (including phenoxy) is 3. The van der Waals surface area contributed by atoms with Crippen molar-refractivity contribution in [1.29, 1.82) is 0 Å². The zero-order valence-corrected chi connectivity index (χ0v) is 16.3. The molecular weight excluding hydrogens is 330 g/mol. The molecule has 140 valence electrons. The van der Waals surface area contributed by atoms with Crippen LogP contribution in [0.25, 0.3) is 0 Å². The second-order valence-corrected chi connectivity index (χ2v) is 6.37. The van der Waals surface area contributed by atoms with E-state index in [4.69, 9.17) is 14.2 Å². The Kier molecular flexibility index (Phi) is 6.50. The van der Waals surface area contributed by atoms with Gasteiger partial charge in [-0.05, 0) is 63.1 Å². The van der Waals surface area contributed by atoms with E-state index in [0.29, 0.717) is 11.5 Å². The van der Waals surface area contributed by atoms with E-state index in [1.807, 2.05) is 57.2 Å². The Morgan fingerprint density at radius 2 is 1.69 bits per heavy atom. The third-order valence-corrected chi connectivity index (χ3v) is 4.28. The number of hydrogen-bond acceptors (Lipinski definition) is 4. The number of benzene rings is 2. The first-order valence-corrected chi connectivity index (χ1v) is 8.62. The van der Waals surface area contributed by atoms with Crippen molar-refractivity contribution < 1.29 is 19.0 Å². The molecule has 2 atom stereocenters. The normalized spacial score (nSPS) is 12.8. The van der Waals surface area contributed by atoms with E-state index < -0.39 is 6.10 Å². The van der Waals surface area contributed by atoms with Gasteiger partial charge in [0.1, 0.15) is 17.2 Å². The molecule has 0 aliphatic carbocycles. The van der Waals surface area contributed by atoms with Crippen LogP contribution < -0.4 is 19.5 Å². The third-order valence-electron chi connectivity index (χ3n) is 4.28. The molecule has 0 aliphatic heterocycles. The van der Waals surface area contributed by atoms with Crippen molar-refractivity contribution >= 4 is 5.91 Å². The maximum atomic E-state index is 12.6. The van der Waals surface area contributed by atoms with Gasteiger partial charge in [0.15, 0.2) is 6.10 Å². The fourth-order valence-electron chi connectivity index (χ4n) is 2.66. The monoisotopic (exact) mass is 357 g/mol. The van der Waals surface area contributed by atoms with Crippen LogP contribution in [0.5, 0.6) is 17.2 Å². The summed E-state index contributed by atoms with van der Waals surface area (Å²) in [7, 11) is 3.21. The zero-order chi connectivity index (χ0) is 19.3. The highest BCUT2D eigenvalue weighted by atomic mass is 16.5. The molecule has 1 amide bonds. The van der Waals surface area contributed by atoms with Gasteiger partial charge in [-0.15, -0.1) is 0 Å². The van der Waals surface area contributed by atoms with E-state index in [-0.39, 0.29) is 11.9 Å². The molecule has 0 saturated carbocycles. The summed E-state index contributed by atoms with van der Waals surface area (Å²) in [6, 6.07) is 11.2. The molecule has 1 N–H and O–H groups in total. The number of amides is 1. The Morgan fingerprint density at radius 3 is 2.35 bits per heavy atom. The topological polar surface area (TPSA) is 56.8 Å². The molecular formula is C21H27NO4. The molecule has 5 heteroatoms. The first-order chi connectivity index (χ1) is 12.3. The molecule has 0 radical (unpaired) electrons. The van der Waals surface area contributed by atoms with Crippen LogP contribution >= 0.6 is 0 Å². The number of rotatable bonds is 7. The lowest BCUT2D eigenvalue weighted by molar-refractivity contribution is -0.127. The van der Waals surface area contributed by atoms with Crippen molar-refractivity contribution in [2.24, 2.45) is 0 Å². The van der Waals surface area contributed by atoms with Gasteiger partial charge in [0, 0.05) is 5.56 Å². The van der Waals surface area contributed by atoms with E-state index >= 15 is 0 Å². The van der Waals surface area contributed by atoms with E-state index in [2.05, 4.69) is 5.32 Å². The Balaban J connectivity index is 2.10. The molecule has 0 aromatic heterocycles. The average molecular weight is 357 g/mol. The summed E-state index contributed by atoms with van der Waals surface area (Å²) >= 11 is 0. The summed E-state index contributed by atoms with van der Waals surface area (Å²) < 4.78 is 16.5. The smallest absolute Gasteiger partial charge is 0.261 e. The molecule has 2 aromatic rings. The lowest BCUT2D eigenvalue weighted by Crippen LogP contribution is -2.38. The summed E-state index contributed by atoms with van der Waals surface area (Å²) in [6.07, 6.45) is -0.616. The van der Waals surface area contributed by atoms with Crippen molar-refractivity contribution in [3.05, 3.63) is 53.1 Å². The van der Waals surface area contributed by atoms with Crippen LogP contribution in [0.4, 0.5) is 0 Å². The third kappa shape index (κ3) is 4.69. The summed E-state index contributed by atoms with van der Waals surface area (Å²) in [5.74, 6) is 1.94. The van der Waals surface area contributed by atoms with Crippen LogP contribution in [0.1, 0.15) is 36.6 Å². The van der Waals surface area contributed by atoms with Crippen molar-refractivity contribution in [1.82, 2.24) is 5.32 Å². The van der Waals surface area contributed by atoms with Crippen LogP contribution in [0, 0.1) is 13.8 Å². The van der Waals surface area contributed by atoms with Crippen LogP contribution in [0.2, 0.25) is 0 Å². The van der Waals surface area contributed by atoms with Crippen molar-refractivity contribution in [2.75, 3.05) is 14.2 Å². The quantitative estimate of drug-likeness (QED) is 0.815. The van der Waals surface area contributed by atoms with Crippen LogP contribution in [0.3, 0.4) is 0 Å². The maximum absolute atomic E-state index is 12.6. The Hall–Kier alpha value is -2.69. The standard InChI is InChI=1S/C21H27NO4/c1-13-7-8-14(2)20(11-13)26-16(4)21(23)22-15(3)18-12-17(24-5)9-10-19(18)25-6/h7-12,15-16H,1-6H3,(H,22,23)/t15-,16+/m0/s1. The largest absolute Gasteiger partial charge is 0.497 e. The van der Waals surface area contributed by atoms with Gasteiger partial charge in [-0.25, -0.2) is 0 Å². The Morgan fingerprint density at radius 1 is 0.962 bits per heavy atom. The van der Waals surface area contributed by atoms with E-state index in [0.717, 1.165) is 22.4 Å². The summed E-state index contributed by atoms with van der Waals surface area (Å²) in [5, 5.41) is 2.98. The number of carbonyl (C=O) groups is 1. The zero-order valence-electron chi connectivity index (χ0n) is 16.3. The minimum atomic E-state index is -0.616. The fraction of sp³-hybridized carbons (Fsp3) is 0.381. The lowest BCUT2D eigenvalue weighted by atomic mass is 10.1.